The molecule has 0 spiro atoms. The fourth-order valence-corrected chi connectivity index (χ4v) is 7.26. The molecule has 2 aromatic heterocycles. The molecular formula is C33H40F3N5O4S. The van der Waals surface area contributed by atoms with E-state index in [4.69, 9.17) is 4.74 Å². The number of rotatable bonds is 8. The number of carbonyl (C=O) groups excluding carboxylic acids is 1. The first-order valence-electron chi connectivity index (χ1n) is 15.5. The Kier molecular flexibility index (Phi) is 9.92. The summed E-state index contributed by atoms with van der Waals surface area (Å²) in [6, 6.07) is 13.4. The SMILES string of the molecule is CC(C)(C)OC(=O)Nc1ccnc(CN2c3cccc(-c4ccccn4)c3CN(S(=O)(=O)C(F)(F)F)C[C@@H]2CCC2CCCC2)c1. The zero-order valence-electron chi connectivity index (χ0n) is 26.3. The smallest absolute Gasteiger partial charge is 0.444 e. The number of nitrogens with zero attached hydrogens (tertiary/aromatic N) is 4. The summed E-state index contributed by atoms with van der Waals surface area (Å²) in [5.41, 5.74) is -3.05. The molecule has 1 aliphatic heterocycles. The molecule has 13 heteroatoms. The standard InChI is InChI=1S/C33H40F3N5O4S/c1-32(2,3)45-31(42)39-24-16-18-37-25(19-24)20-41-26(15-14-23-9-4-5-10-23)21-40(46(43,44)33(34,35)36)22-28-27(11-8-13-30(28)41)29-12-6-7-17-38-29/h6-8,11-13,16-19,23,26H,4-5,9-10,14-15,20-22H2,1-3H3,(H,37,39,42)/t26-/m0/s1. The lowest BCUT2D eigenvalue weighted by Gasteiger charge is -2.35. The highest BCUT2D eigenvalue weighted by Crippen LogP contribution is 2.40. The highest BCUT2D eigenvalue weighted by atomic mass is 32.2. The third kappa shape index (κ3) is 7.98. The molecule has 46 heavy (non-hydrogen) atoms. The molecule has 1 amide bonds. The van der Waals surface area contributed by atoms with E-state index < -0.39 is 39.8 Å². The third-order valence-corrected chi connectivity index (χ3v) is 9.94. The molecule has 2 aliphatic rings. The normalized spacial score (nSPS) is 18.2. The van der Waals surface area contributed by atoms with Crippen molar-refractivity contribution in [1.29, 1.82) is 0 Å². The van der Waals surface area contributed by atoms with Gasteiger partial charge in [-0.15, -0.1) is 0 Å². The third-order valence-electron chi connectivity index (χ3n) is 8.40. The number of nitrogens with one attached hydrogen (secondary N) is 1. The van der Waals surface area contributed by atoms with Gasteiger partial charge in [-0.1, -0.05) is 43.9 Å². The average molecular weight is 660 g/mol. The lowest BCUT2D eigenvalue weighted by molar-refractivity contribution is -0.0492. The topological polar surface area (TPSA) is 105 Å². The summed E-state index contributed by atoms with van der Waals surface area (Å²) in [7, 11) is -5.66. The molecule has 5 rings (SSSR count). The molecule has 1 aliphatic carbocycles. The van der Waals surface area contributed by atoms with E-state index >= 15 is 0 Å². The number of carbonyl (C=O) groups is 1. The number of halogens is 3. The lowest BCUT2D eigenvalue weighted by atomic mass is 9.96. The molecule has 0 radical (unpaired) electrons. The van der Waals surface area contributed by atoms with Crippen LogP contribution in [0.3, 0.4) is 0 Å². The van der Waals surface area contributed by atoms with Crippen LogP contribution in [0.15, 0.2) is 60.9 Å². The Morgan fingerprint density at radius 2 is 1.76 bits per heavy atom. The number of benzene rings is 1. The summed E-state index contributed by atoms with van der Waals surface area (Å²) in [5, 5.41) is 2.71. The first-order valence-corrected chi connectivity index (χ1v) is 17.0. The maximum absolute atomic E-state index is 14.1. The average Bonchev–Trinajstić information content (AvgIpc) is 3.45. The van der Waals surface area contributed by atoms with E-state index in [-0.39, 0.29) is 13.1 Å². The first kappa shape index (κ1) is 33.6. The van der Waals surface area contributed by atoms with E-state index in [0.717, 1.165) is 32.1 Å². The zero-order valence-corrected chi connectivity index (χ0v) is 27.1. The summed E-state index contributed by atoms with van der Waals surface area (Å²) in [6.45, 7) is 4.63. The number of sulfonamides is 1. The number of pyridine rings is 2. The van der Waals surface area contributed by atoms with Gasteiger partial charge in [-0.25, -0.2) is 13.2 Å². The fraction of sp³-hybridized carbons (Fsp3) is 0.485. The van der Waals surface area contributed by atoms with Crippen molar-refractivity contribution >= 4 is 27.5 Å². The van der Waals surface area contributed by atoms with E-state index in [9.17, 15) is 26.4 Å². The van der Waals surface area contributed by atoms with Crippen molar-refractivity contribution in [2.75, 3.05) is 16.8 Å². The van der Waals surface area contributed by atoms with Gasteiger partial charge in [-0.2, -0.15) is 17.5 Å². The molecule has 1 saturated carbocycles. The lowest BCUT2D eigenvalue weighted by Crippen LogP contribution is -2.47. The second-order valence-electron chi connectivity index (χ2n) is 12.9. The Morgan fingerprint density at radius 1 is 1.00 bits per heavy atom. The molecule has 3 aromatic rings. The number of ether oxygens (including phenoxy) is 1. The summed E-state index contributed by atoms with van der Waals surface area (Å²) >= 11 is 0. The molecule has 1 aromatic carbocycles. The maximum Gasteiger partial charge on any atom is 0.511 e. The van der Waals surface area contributed by atoms with Crippen LogP contribution in [0.5, 0.6) is 0 Å². The van der Waals surface area contributed by atoms with Gasteiger partial charge >= 0.3 is 21.6 Å². The largest absolute Gasteiger partial charge is 0.511 e. The monoisotopic (exact) mass is 659 g/mol. The molecule has 1 atom stereocenters. The van der Waals surface area contributed by atoms with Gasteiger partial charge in [0.05, 0.1) is 17.9 Å². The van der Waals surface area contributed by atoms with Gasteiger partial charge < -0.3 is 9.64 Å². The Morgan fingerprint density at radius 3 is 2.43 bits per heavy atom. The molecule has 1 fully saturated rings. The summed E-state index contributed by atoms with van der Waals surface area (Å²) in [5.74, 6) is 0.441. The molecular weight excluding hydrogens is 619 g/mol. The van der Waals surface area contributed by atoms with Crippen LogP contribution in [0.4, 0.5) is 29.3 Å². The summed E-state index contributed by atoms with van der Waals surface area (Å²) in [4.78, 5) is 23.4. The number of aromatic nitrogens is 2. The van der Waals surface area contributed by atoms with E-state index in [1.54, 1.807) is 69.6 Å². The summed E-state index contributed by atoms with van der Waals surface area (Å²) < 4.78 is 74.3. The van der Waals surface area contributed by atoms with Crippen LogP contribution in [0, 0.1) is 5.92 Å². The van der Waals surface area contributed by atoms with Crippen molar-refractivity contribution in [3.05, 3.63) is 72.2 Å². The van der Waals surface area contributed by atoms with Gasteiger partial charge in [0.15, 0.2) is 0 Å². The highest BCUT2D eigenvalue weighted by Gasteiger charge is 2.51. The number of alkyl halides is 3. The van der Waals surface area contributed by atoms with E-state index in [1.807, 2.05) is 17.0 Å². The van der Waals surface area contributed by atoms with Gasteiger partial charge in [-0.3, -0.25) is 15.3 Å². The predicted octanol–water partition coefficient (Wildman–Crippen LogP) is 7.50. The minimum absolute atomic E-state index is 0.164. The van der Waals surface area contributed by atoms with Crippen molar-refractivity contribution in [3.8, 4) is 11.3 Å². The van der Waals surface area contributed by atoms with Crippen LogP contribution in [0.25, 0.3) is 11.3 Å². The molecule has 0 bridgehead atoms. The van der Waals surface area contributed by atoms with Crippen LogP contribution in [0.2, 0.25) is 0 Å². The number of hydrogen-bond acceptors (Lipinski definition) is 7. The fourth-order valence-electron chi connectivity index (χ4n) is 6.30. The number of fused-ring (bicyclic) bond motifs is 1. The van der Waals surface area contributed by atoms with Crippen LogP contribution in [-0.2, 0) is 27.8 Å². The van der Waals surface area contributed by atoms with Gasteiger partial charge in [0, 0.05) is 54.0 Å². The maximum atomic E-state index is 14.1. The van der Waals surface area contributed by atoms with Gasteiger partial charge in [0.25, 0.3) is 0 Å². The van der Waals surface area contributed by atoms with Crippen LogP contribution >= 0.6 is 0 Å². The molecule has 9 nitrogen and oxygen atoms in total. The summed E-state index contributed by atoms with van der Waals surface area (Å²) in [6.07, 6.45) is 8.10. The molecule has 1 N–H and O–H groups in total. The quantitative estimate of drug-likeness (QED) is 0.267. The number of anilines is 2. The minimum Gasteiger partial charge on any atom is -0.444 e. The van der Waals surface area contributed by atoms with Crippen molar-refractivity contribution < 1.29 is 31.1 Å². The second kappa shape index (κ2) is 13.6. The Hall–Kier alpha value is -3.71. The predicted molar refractivity (Wildman–Crippen MR) is 170 cm³/mol. The first-order chi connectivity index (χ1) is 21.7. The van der Waals surface area contributed by atoms with Gasteiger partial charge in [0.2, 0.25) is 0 Å². The van der Waals surface area contributed by atoms with E-state index in [0.29, 0.717) is 50.5 Å². The van der Waals surface area contributed by atoms with Crippen LogP contribution < -0.4 is 10.2 Å². The Balaban J connectivity index is 1.58. The van der Waals surface area contributed by atoms with Crippen molar-refractivity contribution in [1.82, 2.24) is 14.3 Å². The minimum atomic E-state index is -5.66. The van der Waals surface area contributed by atoms with Crippen LogP contribution in [-0.4, -0.2) is 52.5 Å². The molecule has 0 saturated heterocycles. The van der Waals surface area contributed by atoms with E-state index in [1.165, 1.54) is 0 Å². The number of hydrogen-bond donors (Lipinski definition) is 1. The van der Waals surface area contributed by atoms with Gasteiger partial charge in [0.1, 0.15) is 5.60 Å². The van der Waals surface area contributed by atoms with Crippen molar-refractivity contribution in [2.24, 2.45) is 5.92 Å². The molecule has 248 valence electrons. The van der Waals surface area contributed by atoms with Crippen molar-refractivity contribution in [3.63, 3.8) is 0 Å². The Labute approximate surface area is 268 Å². The number of amides is 1. The van der Waals surface area contributed by atoms with Crippen LogP contribution in [0.1, 0.15) is 70.6 Å². The molecule has 0 unspecified atom stereocenters. The molecule has 3 heterocycles. The Bertz CT molecular complexity index is 1620. The van der Waals surface area contributed by atoms with Crippen molar-refractivity contribution in [2.45, 2.75) is 89.5 Å². The van der Waals surface area contributed by atoms with E-state index in [2.05, 4.69) is 15.3 Å². The zero-order chi connectivity index (χ0) is 33.1. The highest BCUT2D eigenvalue weighted by molar-refractivity contribution is 7.89. The van der Waals surface area contributed by atoms with Gasteiger partial charge in [-0.05, 0) is 69.9 Å². The second-order valence-corrected chi connectivity index (χ2v) is 14.9.